The molecule has 0 radical (unpaired) electrons. The van der Waals surface area contributed by atoms with Crippen molar-refractivity contribution in [1.29, 1.82) is 0 Å². The summed E-state index contributed by atoms with van der Waals surface area (Å²) >= 11 is 0. The molecule has 0 aliphatic rings. The van der Waals surface area contributed by atoms with Crippen LogP contribution in [0.1, 0.15) is 18.3 Å². The molecule has 0 aliphatic heterocycles. The third-order valence-electron chi connectivity index (χ3n) is 2.65. The van der Waals surface area contributed by atoms with Crippen molar-refractivity contribution >= 4 is 17.7 Å². The van der Waals surface area contributed by atoms with Gasteiger partial charge in [-0.2, -0.15) is 0 Å². The number of amides is 2. The number of anilines is 2. The summed E-state index contributed by atoms with van der Waals surface area (Å²) in [5.41, 5.74) is 6.65. The Labute approximate surface area is 113 Å². The molecule has 7 nitrogen and oxygen atoms in total. The van der Waals surface area contributed by atoms with Crippen LogP contribution >= 0.6 is 0 Å². The number of nitrogens with zero attached hydrogens (tertiary/aromatic N) is 3. The molecule has 0 atom stereocenters. The first-order chi connectivity index (χ1) is 8.95. The number of nitrogens with one attached hydrogen (secondary N) is 2. The van der Waals surface area contributed by atoms with Crippen LogP contribution in [0.5, 0.6) is 0 Å². The van der Waals surface area contributed by atoms with Crippen molar-refractivity contribution in [3.05, 3.63) is 11.4 Å². The van der Waals surface area contributed by atoms with E-state index in [1.807, 2.05) is 13.8 Å². The van der Waals surface area contributed by atoms with Crippen molar-refractivity contribution in [2.24, 2.45) is 0 Å². The minimum absolute atomic E-state index is 0.116. The van der Waals surface area contributed by atoms with E-state index in [4.69, 9.17) is 5.73 Å². The van der Waals surface area contributed by atoms with Gasteiger partial charge in [-0.1, -0.05) is 6.92 Å². The van der Waals surface area contributed by atoms with E-state index in [2.05, 4.69) is 20.6 Å². The fourth-order valence-corrected chi connectivity index (χ4v) is 1.42. The van der Waals surface area contributed by atoms with Gasteiger partial charge in [-0.3, -0.25) is 0 Å². The van der Waals surface area contributed by atoms with E-state index in [-0.39, 0.29) is 6.03 Å². The van der Waals surface area contributed by atoms with Crippen LogP contribution in [0.15, 0.2) is 0 Å². The van der Waals surface area contributed by atoms with Crippen LogP contribution in [-0.2, 0) is 6.42 Å². The number of rotatable bonds is 5. The molecule has 1 aromatic rings. The molecule has 7 heteroatoms. The molecule has 0 unspecified atom stereocenters. The molecular formula is C12H22N6O. The number of nitrogens with two attached hydrogens (primary N) is 1. The second-order valence-electron chi connectivity index (χ2n) is 4.41. The number of aryl methyl sites for hydroxylation is 1. The normalized spacial score (nSPS) is 10.1. The molecule has 1 heterocycles. The predicted molar refractivity (Wildman–Crippen MR) is 76.1 cm³/mol. The highest BCUT2D eigenvalue weighted by molar-refractivity contribution is 5.73. The van der Waals surface area contributed by atoms with Crippen molar-refractivity contribution in [1.82, 2.24) is 20.2 Å². The van der Waals surface area contributed by atoms with Crippen LogP contribution in [0.4, 0.5) is 16.4 Å². The molecule has 1 rings (SSSR count). The van der Waals surface area contributed by atoms with Gasteiger partial charge in [0.1, 0.15) is 17.5 Å². The van der Waals surface area contributed by atoms with Gasteiger partial charge >= 0.3 is 6.03 Å². The van der Waals surface area contributed by atoms with Gasteiger partial charge in [-0.25, -0.2) is 14.8 Å². The van der Waals surface area contributed by atoms with Gasteiger partial charge < -0.3 is 21.3 Å². The van der Waals surface area contributed by atoms with Gasteiger partial charge in [0.25, 0.3) is 0 Å². The van der Waals surface area contributed by atoms with E-state index in [0.717, 1.165) is 17.8 Å². The van der Waals surface area contributed by atoms with Crippen molar-refractivity contribution in [3.63, 3.8) is 0 Å². The Morgan fingerprint density at radius 1 is 1.32 bits per heavy atom. The van der Waals surface area contributed by atoms with E-state index in [9.17, 15) is 4.79 Å². The smallest absolute Gasteiger partial charge is 0.316 e. The number of carbonyl (C=O) groups is 1. The van der Waals surface area contributed by atoms with Crippen molar-refractivity contribution in [2.45, 2.75) is 20.3 Å². The Morgan fingerprint density at radius 2 is 2.00 bits per heavy atom. The van der Waals surface area contributed by atoms with Crippen molar-refractivity contribution in [2.75, 3.05) is 38.2 Å². The van der Waals surface area contributed by atoms with Crippen LogP contribution in [0, 0.1) is 6.92 Å². The summed E-state index contributed by atoms with van der Waals surface area (Å²) in [5.74, 6) is 1.93. The van der Waals surface area contributed by atoms with Gasteiger partial charge in [0.05, 0.1) is 0 Å². The first-order valence-corrected chi connectivity index (χ1v) is 6.27. The van der Waals surface area contributed by atoms with Crippen LogP contribution in [0.2, 0.25) is 0 Å². The lowest BCUT2D eigenvalue weighted by molar-refractivity contribution is 0.218. The van der Waals surface area contributed by atoms with Crippen molar-refractivity contribution < 1.29 is 4.79 Å². The standard InChI is InChI=1S/C12H22N6O/c1-5-9-16-10(13)8(2)11(17-9)14-6-7-15-12(19)18(3)4/h5-7H2,1-4H3,(H,15,19)(H3,13,14,16,17). The maximum Gasteiger partial charge on any atom is 0.316 e. The Kier molecular flexibility index (Phi) is 5.35. The first-order valence-electron chi connectivity index (χ1n) is 6.27. The predicted octanol–water partition coefficient (Wildman–Crippen LogP) is 0.613. The molecule has 0 saturated carbocycles. The summed E-state index contributed by atoms with van der Waals surface area (Å²) in [4.78, 5) is 21.4. The lowest BCUT2D eigenvalue weighted by atomic mass is 10.3. The second-order valence-corrected chi connectivity index (χ2v) is 4.41. The minimum Gasteiger partial charge on any atom is -0.383 e. The molecule has 0 fully saturated rings. The molecule has 4 N–H and O–H groups in total. The van der Waals surface area contributed by atoms with Crippen LogP contribution in [0.25, 0.3) is 0 Å². The number of aromatic nitrogens is 2. The lowest BCUT2D eigenvalue weighted by Gasteiger charge is -2.14. The summed E-state index contributed by atoms with van der Waals surface area (Å²) in [6.07, 6.45) is 0.733. The van der Waals surface area contributed by atoms with E-state index in [1.54, 1.807) is 14.1 Å². The van der Waals surface area contributed by atoms with Crippen LogP contribution in [0.3, 0.4) is 0 Å². The highest BCUT2D eigenvalue weighted by Crippen LogP contribution is 2.16. The Hall–Kier alpha value is -2.05. The zero-order valence-corrected chi connectivity index (χ0v) is 11.9. The number of carbonyl (C=O) groups excluding carboxylic acids is 1. The number of nitrogen functional groups attached to an aromatic ring is 1. The lowest BCUT2D eigenvalue weighted by Crippen LogP contribution is -2.37. The van der Waals surface area contributed by atoms with Crippen LogP contribution < -0.4 is 16.4 Å². The maximum absolute atomic E-state index is 11.3. The molecule has 0 aromatic carbocycles. The molecule has 2 amide bonds. The van der Waals surface area contributed by atoms with E-state index in [0.29, 0.717) is 24.7 Å². The van der Waals surface area contributed by atoms with Gasteiger partial charge in [0, 0.05) is 39.2 Å². The minimum atomic E-state index is -0.116. The van der Waals surface area contributed by atoms with E-state index >= 15 is 0 Å². The van der Waals surface area contributed by atoms with Gasteiger partial charge in [0.15, 0.2) is 0 Å². The van der Waals surface area contributed by atoms with Crippen LogP contribution in [-0.4, -0.2) is 48.1 Å². The summed E-state index contributed by atoms with van der Waals surface area (Å²) in [6.45, 7) is 4.95. The third-order valence-corrected chi connectivity index (χ3v) is 2.65. The molecular weight excluding hydrogens is 244 g/mol. The van der Waals surface area contributed by atoms with Gasteiger partial charge in [0.2, 0.25) is 0 Å². The largest absolute Gasteiger partial charge is 0.383 e. The first kappa shape index (κ1) is 15.0. The van der Waals surface area contributed by atoms with Gasteiger partial charge in [-0.05, 0) is 6.92 Å². The summed E-state index contributed by atoms with van der Waals surface area (Å²) in [6, 6.07) is -0.116. The fourth-order valence-electron chi connectivity index (χ4n) is 1.42. The second kappa shape index (κ2) is 6.77. The summed E-state index contributed by atoms with van der Waals surface area (Å²) in [7, 11) is 3.40. The highest BCUT2D eigenvalue weighted by atomic mass is 16.2. The average Bonchev–Trinajstić information content (AvgIpc) is 2.38. The quantitative estimate of drug-likeness (QED) is 0.679. The topological polar surface area (TPSA) is 96.2 Å². The van der Waals surface area contributed by atoms with Gasteiger partial charge in [-0.15, -0.1) is 0 Å². The molecule has 19 heavy (non-hydrogen) atoms. The fraction of sp³-hybridized carbons (Fsp3) is 0.583. The van der Waals surface area contributed by atoms with Crippen molar-refractivity contribution in [3.8, 4) is 0 Å². The van der Waals surface area contributed by atoms with E-state index < -0.39 is 0 Å². The number of hydrogen-bond acceptors (Lipinski definition) is 5. The molecule has 0 saturated heterocycles. The summed E-state index contributed by atoms with van der Waals surface area (Å²) in [5, 5.41) is 5.92. The molecule has 0 bridgehead atoms. The Balaban J connectivity index is 2.53. The average molecular weight is 266 g/mol. The zero-order chi connectivity index (χ0) is 14.4. The zero-order valence-electron chi connectivity index (χ0n) is 11.9. The Bertz CT molecular complexity index is 446. The molecule has 1 aromatic heterocycles. The third kappa shape index (κ3) is 4.27. The highest BCUT2D eigenvalue weighted by Gasteiger charge is 2.07. The number of hydrogen-bond donors (Lipinski definition) is 3. The molecule has 106 valence electrons. The number of urea groups is 1. The Morgan fingerprint density at radius 3 is 2.58 bits per heavy atom. The molecule has 0 aliphatic carbocycles. The van der Waals surface area contributed by atoms with E-state index in [1.165, 1.54) is 4.90 Å². The maximum atomic E-state index is 11.3. The molecule has 0 spiro atoms. The summed E-state index contributed by atoms with van der Waals surface area (Å²) < 4.78 is 0. The SMILES string of the molecule is CCc1nc(N)c(C)c(NCCNC(=O)N(C)C)n1. The monoisotopic (exact) mass is 266 g/mol.